The summed E-state index contributed by atoms with van der Waals surface area (Å²) >= 11 is 0. The number of hydrogen-bond acceptors (Lipinski definition) is 4. The predicted molar refractivity (Wildman–Crippen MR) is 89.3 cm³/mol. The van der Waals surface area contributed by atoms with E-state index in [0.29, 0.717) is 0 Å². The topological polar surface area (TPSA) is 102 Å². The van der Waals surface area contributed by atoms with Gasteiger partial charge in [-0.2, -0.15) is 0 Å². The molecular formula is C17H20N2O4. The molecule has 6 heteroatoms. The number of aromatic hydroxyl groups is 3. The molecule has 0 saturated carbocycles. The van der Waals surface area contributed by atoms with Crippen molar-refractivity contribution in [1.29, 1.82) is 0 Å². The first kappa shape index (κ1) is 16.5. The number of amides is 2. The molecule has 0 aliphatic carbocycles. The molecule has 0 saturated heterocycles. The fourth-order valence-corrected chi connectivity index (χ4v) is 2.36. The van der Waals surface area contributed by atoms with E-state index in [0.717, 1.165) is 41.8 Å². The van der Waals surface area contributed by atoms with E-state index >= 15 is 0 Å². The van der Waals surface area contributed by atoms with Gasteiger partial charge in [0.05, 0.1) is 5.69 Å². The molecule has 0 spiro atoms. The number of phenolic OH excluding ortho intramolecular Hbond substituents is 3. The first-order valence-corrected chi connectivity index (χ1v) is 7.39. The van der Waals surface area contributed by atoms with E-state index in [2.05, 4.69) is 10.6 Å². The van der Waals surface area contributed by atoms with Gasteiger partial charge in [-0.3, -0.25) is 0 Å². The fourth-order valence-electron chi connectivity index (χ4n) is 2.36. The van der Waals surface area contributed by atoms with Crippen LogP contribution in [0, 0.1) is 0 Å². The second kappa shape index (κ2) is 6.91. The highest BCUT2D eigenvalue weighted by Gasteiger charge is 2.13. The second-order valence-electron chi connectivity index (χ2n) is 5.10. The summed E-state index contributed by atoms with van der Waals surface area (Å²) in [5.41, 5.74) is 2.98. The number of aryl methyl sites for hydroxylation is 2. The van der Waals surface area contributed by atoms with E-state index in [-0.39, 0.29) is 5.69 Å². The van der Waals surface area contributed by atoms with Gasteiger partial charge in [0.1, 0.15) is 0 Å². The Morgan fingerprint density at radius 3 is 1.96 bits per heavy atom. The maximum absolute atomic E-state index is 12.2. The molecule has 0 unspecified atom stereocenters. The summed E-state index contributed by atoms with van der Waals surface area (Å²) < 4.78 is 0. The lowest BCUT2D eigenvalue weighted by molar-refractivity contribution is 0.262. The van der Waals surface area contributed by atoms with Gasteiger partial charge < -0.3 is 26.0 Å². The summed E-state index contributed by atoms with van der Waals surface area (Å²) in [5, 5.41) is 33.6. The van der Waals surface area contributed by atoms with E-state index in [1.165, 1.54) is 0 Å². The van der Waals surface area contributed by atoms with Crippen LogP contribution < -0.4 is 10.6 Å². The van der Waals surface area contributed by atoms with Crippen LogP contribution >= 0.6 is 0 Å². The number of carbonyl (C=O) groups is 1. The molecule has 122 valence electrons. The highest BCUT2D eigenvalue weighted by Crippen LogP contribution is 2.37. The number of hydrogen-bond donors (Lipinski definition) is 5. The minimum atomic E-state index is -0.624. The van der Waals surface area contributed by atoms with Gasteiger partial charge in [-0.05, 0) is 24.0 Å². The summed E-state index contributed by atoms with van der Waals surface area (Å²) in [6, 6.07) is 7.67. The van der Waals surface area contributed by atoms with Crippen LogP contribution in [-0.2, 0) is 12.8 Å². The zero-order valence-electron chi connectivity index (χ0n) is 13.1. The Kier molecular flexibility index (Phi) is 4.95. The molecule has 0 fully saturated rings. The van der Waals surface area contributed by atoms with Crippen LogP contribution in [0.25, 0.3) is 0 Å². The van der Waals surface area contributed by atoms with Gasteiger partial charge in [-0.1, -0.05) is 32.0 Å². The lowest BCUT2D eigenvalue weighted by Gasteiger charge is -2.15. The molecule has 0 radical (unpaired) electrons. The average molecular weight is 316 g/mol. The van der Waals surface area contributed by atoms with Crippen molar-refractivity contribution in [1.82, 2.24) is 0 Å². The van der Waals surface area contributed by atoms with Crippen LogP contribution in [0.2, 0.25) is 0 Å². The van der Waals surface area contributed by atoms with Crippen molar-refractivity contribution in [3.8, 4) is 17.2 Å². The number of rotatable bonds is 4. The first-order chi connectivity index (χ1) is 11.0. The molecule has 0 bridgehead atoms. The van der Waals surface area contributed by atoms with Crippen molar-refractivity contribution in [2.45, 2.75) is 26.7 Å². The van der Waals surface area contributed by atoms with Crippen molar-refractivity contribution in [3.05, 3.63) is 41.5 Å². The lowest BCUT2D eigenvalue weighted by Crippen LogP contribution is -2.21. The van der Waals surface area contributed by atoms with Crippen LogP contribution in [0.15, 0.2) is 30.3 Å². The number of carbonyl (C=O) groups excluding carboxylic acids is 1. The predicted octanol–water partition coefficient (Wildman–Crippen LogP) is 3.57. The Bertz CT molecular complexity index is 683. The monoisotopic (exact) mass is 316 g/mol. The third-order valence-electron chi connectivity index (χ3n) is 3.56. The molecule has 23 heavy (non-hydrogen) atoms. The van der Waals surface area contributed by atoms with Crippen molar-refractivity contribution in [2.24, 2.45) is 0 Å². The summed E-state index contributed by atoms with van der Waals surface area (Å²) in [4.78, 5) is 12.2. The van der Waals surface area contributed by atoms with Crippen molar-refractivity contribution in [3.63, 3.8) is 0 Å². The molecule has 2 aromatic rings. The fraction of sp³-hybridized carbons (Fsp3) is 0.235. The van der Waals surface area contributed by atoms with E-state index in [1.54, 1.807) is 0 Å². The van der Waals surface area contributed by atoms with Crippen LogP contribution in [-0.4, -0.2) is 21.4 Å². The molecular weight excluding hydrogens is 296 g/mol. The molecule has 0 aromatic heterocycles. The molecule has 5 N–H and O–H groups in total. The smallest absolute Gasteiger partial charge is 0.323 e. The Morgan fingerprint density at radius 2 is 1.48 bits per heavy atom. The Hall–Kier alpha value is -2.89. The van der Waals surface area contributed by atoms with Gasteiger partial charge in [-0.25, -0.2) is 4.79 Å². The molecule has 2 rings (SSSR count). The number of urea groups is 1. The van der Waals surface area contributed by atoms with Crippen LogP contribution in [0.3, 0.4) is 0 Å². The zero-order valence-corrected chi connectivity index (χ0v) is 13.1. The van der Waals surface area contributed by atoms with Gasteiger partial charge >= 0.3 is 6.03 Å². The Balaban J connectivity index is 2.20. The second-order valence-corrected chi connectivity index (χ2v) is 5.10. The van der Waals surface area contributed by atoms with Gasteiger partial charge in [0, 0.05) is 17.8 Å². The SMILES string of the molecule is CCc1cccc(CC)c1NC(=O)Nc1cc(O)c(O)c(O)c1. The van der Waals surface area contributed by atoms with Gasteiger partial charge in [0.25, 0.3) is 0 Å². The molecule has 0 aliphatic heterocycles. The molecule has 0 aliphatic rings. The third kappa shape index (κ3) is 3.66. The van der Waals surface area contributed by atoms with Crippen molar-refractivity contribution >= 4 is 17.4 Å². The van der Waals surface area contributed by atoms with Crippen LogP contribution in [0.1, 0.15) is 25.0 Å². The van der Waals surface area contributed by atoms with Crippen LogP contribution in [0.5, 0.6) is 17.2 Å². The largest absolute Gasteiger partial charge is 0.504 e. The quantitative estimate of drug-likeness (QED) is 0.439. The average Bonchev–Trinajstić information content (AvgIpc) is 2.52. The van der Waals surface area contributed by atoms with Crippen molar-refractivity contribution in [2.75, 3.05) is 10.6 Å². The molecule has 6 nitrogen and oxygen atoms in total. The number of phenols is 3. The number of benzene rings is 2. The standard InChI is InChI=1S/C17H20N2O4/c1-3-10-6-5-7-11(4-2)15(10)19-17(23)18-12-8-13(20)16(22)14(21)9-12/h5-9,20-22H,3-4H2,1-2H3,(H2,18,19,23). The number of nitrogens with one attached hydrogen (secondary N) is 2. The van der Waals surface area contributed by atoms with Crippen LogP contribution in [0.4, 0.5) is 16.2 Å². The van der Waals surface area contributed by atoms with Gasteiger partial charge in [-0.15, -0.1) is 0 Å². The summed E-state index contributed by atoms with van der Waals surface area (Å²) in [6.07, 6.45) is 1.56. The van der Waals surface area contributed by atoms with E-state index in [9.17, 15) is 20.1 Å². The van der Waals surface area contributed by atoms with E-state index < -0.39 is 23.3 Å². The molecule has 2 aromatic carbocycles. The maximum Gasteiger partial charge on any atom is 0.323 e. The van der Waals surface area contributed by atoms with Gasteiger partial charge in [0.15, 0.2) is 17.2 Å². The summed E-state index contributed by atoms with van der Waals surface area (Å²) in [6.45, 7) is 4.02. The highest BCUT2D eigenvalue weighted by atomic mass is 16.3. The summed E-state index contributed by atoms with van der Waals surface area (Å²) in [7, 11) is 0. The maximum atomic E-state index is 12.2. The molecule has 0 heterocycles. The summed E-state index contributed by atoms with van der Waals surface area (Å²) in [5.74, 6) is -1.65. The Labute approximate surface area is 134 Å². The van der Waals surface area contributed by atoms with E-state index in [4.69, 9.17) is 0 Å². The highest BCUT2D eigenvalue weighted by molar-refractivity contribution is 6.01. The molecule has 2 amide bonds. The Morgan fingerprint density at radius 1 is 0.957 bits per heavy atom. The normalized spacial score (nSPS) is 10.3. The number of anilines is 2. The number of para-hydroxylation sites is 1. The first-order valence-electron chi connectivity index (χ1n) is 7.39. The van der Waals surface area contributed by atoms with Crippen molar-refractivity contribution < 1.29 is 20.1 Å². The minimum absolute atomic E-state index is 0.169. The van der Waals surface area contributed by atoms with E-state index in [1.807, 2.05) is 32.0 Å². The molecule has 0 atom stereocenters. The third-order valence-corrected chi connectivity index (χ3v) is 3.56. The zero-order chi connectivity index (χ0) is 17.0. The van der Waals surface area contributed by atoms with Gasteiger partial charge in [0.2, 0.25) is 0 Å². The lowest BCUT2D eigenvalue weighted by atomic mass is 10.0. The minimum Gasteiger partial charge on any atom is -0.504 e.